The van der Waals surface area contributed by atoms with Gasteiger partial charge in [0.2, 0.25) is 5.91 Å². The molecule has 1 aromatic rings. The number of halogens is 1. The van der Waals surface area contributed by atoms with Crippen molar-refractivity contribution in [2.24, 2.45) is 29.6 Å². The first-order valence-corrected chi connectivity index (χ1v) is 7.19. The van der Waals surface area contributed by atoms with Gasteiger partial charge in [-0.1, -0.05) is 0 Å². The third kappa shape index (κ3) is 1.59. The average molecular weight is 270 g/mol. The number of anilines is 1. The Bertz CT molecular complexity index is 620. The molecular weight excluding hydrogens is 255 g/mol. The first kappa shape index (κ1) is 11.9. The lowest BCUT2D eigenvalue weighted by atomic mass is 10.0. The number of nitrogens with zero attached hydrogens (tertiary/aromatic N) is 1. The fourth-order valence-electron chi connectivity index (χ4n) is 4.58. The van der Waals surface area contributed by atoms with Gasteiger partial charge in [0.05, 0.1) is 17.3 Å². The van der Waals surface area contributed by atoms with E-state index >= 15 is 0 Å². The molecule has 20 heavy (non-hydrogen) atoms. The van der Waals surface area contributed by atoms with Gasteiger partial charge in [-0.25, -0.2) is 4.39 Å². The normalized spacial score (nSPS) is 36.3. The molecule has 4 atom stereocenters. The third-order valence-electron chi connectivity index (χ3n) is 5.39. The topological polar surface area (TPSA) is 52.9 Å². The summed E-state index contributed by atoms with van der Waals surface area (Å²) in [7, 11) is 0. The van der Waals surface area contributed by atoms with E-state index in [1.54, 1.807) is 0 Å². The van der Waals surface area contributed by atoms with Crippen molar-refractivity contribution in [3.63, 3.8) is 0 Å². The van der Waals surface area contributed by atoms with Gasteiger partial charge in [-0.05, 0) is 61.1 Å². The number of carbonyl (C=O) groups excluding carboxylic acids is 1. The van der Waals surface area contributed by atoms with Crippen LogP contribution in [0.2, 0.25) is 0 Å². The average Bonchev–Trinajstić information content (AvgIpc) is 2.90. The molecule has 102 valence electrons. The van der Waals surface area contributed by atoms with E-state index in [2.05, 4.69) is 5.32 Å². The molecular formula is C16H15FN2O. The number of rotatable bonds is 2. The molecule has 3 nitrogen and oxygen atoms in total. The van der Waals surface area contributed by atoms with E-state index in [-0.39, 0.29) is 23.1 Å². The van der Waals surface area contributed by atoms with Gasteiger partial charge >= 0.3 is 0 Å². The Hall–Kier alpha value is -1.89. The number of nitriles is 1. The smallest absolute Gasteiger partial charge is 0.228 e. The molecule has 4 unspecified atom stereocenters. The standard InChI is InChI=1S/C16H15FN2O/c17-11-5-8(7-18)1-4-12(11)19-16(20)15-13-9-2-3-10(6-9)14(13)15/h1,4-5,9-10,13-15H,2-3,6H2,(H,19,20). The van der Waals surface area contributed by atoms with E-state index in [4.69, 9.17) is 5.26 Å². The fraction of sp³-hybridized carbons (Fsp3) is 0.500. The second-order valence-electron chi connectivity index (χ2n) is 6.31. The van der Waals surface area contributed by atoms with E-state index in [1.165, 1.54) is 31.4 Å². The van der Waals surface area contributed by atoms with E-state index in [0.717, 1.165) is 17.9 Å². The molecule has 0 radical (unpaired) electrons. The lowest BCUT2D eigenvalue weighted by Gasteiger charge is -2.10. The quantitative estimate of drug-likeness (QED) is 0.898. The highest BCUT2D eigenvalue weighted by Crippen LogP contribution is 2.69. The molecule has 1 aromatic carbocycles. The number of nitrogens with one attached hydrogen (secondary N) is 1. The molecule has 3 aliphatic rings. The second-order valence-corrected chi connectivity index (χ2v) is 6.31. The van der Waals surface area contributed by atoms with Gasteiger partial charge in [-0.2, -0.15) is 5.26 Å². The Kier molecular flexibility index (Phi) is 2.41. The molecule has 0 aliphatic heterocycles. The molecule has 3 fully saturated rings. The van der Waals surface area contributed by atoms with Crippen LogP contribution in [0.3, 0.4) is 0 Å². The second kappa shape index (κ2) is 4.05. The summed E-state index contributed by atoms with van der Waals surface area (Å²) in [4.78, 5) is 12.3. The largest absolute Gasteiger partial charge is 0.323 e. The first-order valence-electron chi connectivity index (χ1n) is 7.19. The van der Waals surface area contributed by atoms with Crippen molar-refractivity contribution >= 4 is 11.6 Å². The summed E-state index contributed by atoms with van der Waals surface area (Å²) in [5.74, 6) is 2.08. The predicted molar refractivity (Wildman–Crippen MR) is 71.0 cm³/mol. The highest BCUT2D eigenvalue weighted by Gasteiger charge is 2.67. The van der Waals surface area contributed by atoms with Crippen LogP contribution in [0.25, 0.3) is 0 Å². The van der Waals surface area contributed by atoms with Crippen molar-refractivity contribution in [1.82, 2.24) is 0 Å². The third-order valence-corrected chi connectivity index (χ3v) is 5.39. The van der Waals surface area contributed by atoms with Gasteiger partial charge in [-0.3, -0.25) is 4.79 Å². The first-order chi connectivity index (χ1) is 9.69. The molecule has 4 heteroatoms. The van der Waals surface area contributed by atoms with Crippen molar-refractivity contribution < 1.29 is 9.18 Å². The fourth-order valence-corrected chi connectivity index (χ4v) is 4.58. The minimum Gasteiger partial charge on any atom is -0.323 e. The van der Waals surface area contributed by atoms with E-state index in [9.17, 15) is 9.18 Å². The van der Waals surface area contributed by atoms with Crippen molar-refractivity contribution in [2.45, 2.75) is 19.3 Å². The summed E-state index contributed by atoms with van der Waals surface area (Å²) in [5.41, 5.74) is 0.452. The Labute approximate surface area is 116 Å². The van der Waals surface area contributed by atoms with Crippen LogP contribution in [-0.4, -0.2) is 5.91 Å². The molecule has 4 rings (SSSR count). The van der Waals surface area contributed by atoms with Crippen LogP contribution in [0.15, 0.2) is 18.2 Å². The van der Waals surface area contributed by atoms with Crippen molar-refractivity contribution in [1.29, 1.82) is 5.26 Å². The zero-order chi connectivity index (χ0) is 13.9. The zero-order valence-corrected chi connectivity index (χ0v) is 11.0. The number of benzene rings is 1. The Morgan fingerprint density at radius 2 is 2.00 bits per heavy atom. The number of carbonyl (C=O) groups is 1. The number of hydrogen-bond donors (Lipinski definition) is 1. The maximum absolute atomic E-state index is 13.8. The lowest BCUT2D eigenvalue weighted by Crippen LogP contribution is -2.19. The summed E-state index contributed by atoms with van der Waals surface area (Å²) in [6.07, 6.45) is 3.83. The van der Waals surface area contributed by atoms with Gasteiger partial charge in [0.25, 0.3) is 0 Å². The van der Waals surface area contributed by atoms with Crippen LogP contribution in [-0.2, 0) is 4.79 Å². The summed E-state index contributed by atoms with van der Waals surface area (Å²) in [5, 5.41) is 11.4. The van der Waals surface area contributed by atoms with Crippen LogP contribution in [0.4, 0.5) is 10.1 Å². The molecule has 0 heterocycles. The molecule has 0 spiro atoms. The molecule has 0 saturated heterocycles. The van der Waals surface area contributed by atoms with Crippen LogP contribution in [0.5, 0.6) is 0 Å². The molecule has 3 saturated carbocycles. The van der Waals surface area contributed by atoms with Gasteiger partial charge in [-0.15, -0.1) is 0 Å². The van der Waals surface area contributed by atoms with E-state index in [1.807, 2.05) is 6.07 Å². The number of amides is 1. The highest BCUT2D eigenvalue weighted by atomic mass is 19.1. The predicted octanol–water partition coefficient (Wildman–Crippen LogP) is 2.93. The zero-order valence-electron chi connectivity index (χ0n) is 11.0. The van der Waals surface area contributed by atoms with Crippen molar-refractivity contribution in [3.05, 3.63) is 29.6 Å². The number of hydrogen-bond acceptors (Lipinski definition) is 2. The summed E-state index contributed by atoms with van der Waals surface area (Å²) in [6.45, 7) is 0. The number of fused-ring (bicyclic) bond motifs is 5. The minimum atomic E-state index is -0.536. The maximum Gasteiger partial charge on any atom is 0.228 e. The maximum atomic E-state index is 13.8. The van der Waals surface area contributed by atoms with Crippen LogP contribution in [0.1, 0.15) is 24.8 Å². The Balaban J connectivity index is 1.48. The van der Waals surface area contributed by atoms with E-state index < -0.39 is 5.82 Å². The van der Waals surface area contributed by atoms with Crippen LogP contribution >= 0.6 is 0 Å². The monoisotopic (exact) mass is 270 g/mol. The molecule has 0 aromatic heterocycles. The molecule has 1 amide bonds. The SMILES string of the molecule is N#Cc1ccc(NC(=O)C2C3C4CCC(C4)C23)c(F)c1. The molecule has 1 N–H and O–H groups in total. The van der Waals surface area contributed by atoms with Crippen molar-refractivity contribution in [3.8, 4) is 6.07 Å². The van der Waals surface area contributed by atoms with Gasteiger partial charge < -0.3 is 5.32 Å². The highest BCUT2D eigenvalue weighted by molar-refractivity contribution is 5.95. The summed E-state index contributed by atoms with van der Waals surface area (Å²) >= 11 is 0. The Morgan fingerprint density at radius 1 is 1.30 bits per heavy atom. The van der Waals surface area contributed by atoms with Gasteiger partial charge in [0.15, 0.2) is 0 Å². The Morgan fingerprint density at radius 3 is 2.60 bits per heavy atom. The van der Waals surface area contributed by atoms with E-state index in [0.29, 0.717) is 11.8 Å². The van der Waals surface area contributed by atoms with Crippen LogP contribution in [0, 0.1) is 46.7 Å². The minimum absolute atomic E-state index is 0.0415. The van der Waals surface area contributed by atoms with Gasteiger partial charge in [0, 0.05) is 5.92 Å². The lowest BCUT2D eigenvalue weighted by molar-refractivity contribution is -0.118. The molecule has 3 aliphatic carbocycles. The summed E-state index contributed by atoms with van der Waals surface area (Å²) in [6, 6.07) is 6.04. The van der Waals surface area contributed by atoms with Crippen molar-refractivity contribution in [2.75, 3.05) is 5.32 Å². The molecule has 2 bridgehead atoms. The van der Waals surface area contributed by atoms with Crippen LogP contribution < -0.4 is 5.32 Å². The summed E-state index contributed by atoms with van der Waals surface area (Å²) < 4.78 is 13.8. The van der Waals surface area contributed by atoms with Gasteiger partial charge in [0.1, 0.15) is 5.82 Å².